The quantitative estimate of drug-likeness (QED) is 0.782. The fourth-order valence-electron chi connectivity index (χ4n) is 3.71. The molecule has 4 nitrogen and oxygen atoms in total. The number of rotatable bonds is 6. The highest BCUT2D eigenvalue weighted by atomic mass is 16.5. The number of aliphatic hydroxyl groups is 2. The van der Waals surface area contributed by atoms with Crippen LogP contribution in [0.4, 0.5) is 0 Å². The first kappa shape index (κ1) is 21.0. The molecule has 2 aromatic carbocycles. The molecule has 0 aromatic heterocycles. The molecule has 2 saturated carbocycles. The molecule has 2 fully saturated rings. The van der Waals surface area contributed by atoms with Crippen LogP contribution in [0.15, 0.2) is 60.7 Å². The summed E-state index contributed by atoms with van der Waals surface area (Å²) in [6, 6.07) is 20.3. The van der Waals surface area contributed by atoms with Gasteiger partial charge >= 0.3 is 0 Å². The first-order chi connectivity index (χ1) is 13.7. The molecule has 2 N–H and O–H groups in total. The minimum absolute atomic E-state index is 0.143. The van der Waals surface area contributed by atoms with Crippen LogP contribution in [-0.4, -0.2) is 34.6 Å². The van der Waals surface area contributed by atoms with Gasteiger partial charge in [0.1, 0.15) is 0 Å². The van der Waals surface area contributed by atoms with E-state index in [1.54, 1.807) is 0 Å². The lowest BCUT2D eigenvalue weighted by atomic mass is 10.2. The lowest BCUT2D eigenvalue weighted by molar-refractivity contribution is 0.0355. The van der Waals surface area contributed by atoms with E-state index in [9.17, 15) is 10.2 Å². The maximum Gasteiger partial charge on any atom is 0.0720 e. The van der Waals surface area contributed by atoms with Crippen LogP contribution in [-0.2, 0) is 22.7 Å². The van der Waals surface area contributed by atoms with E-state index in [0.717, 1.165) is 38.5 Å². The first-order valence-electron chi connectivity index (χ1n) is 10.4. The Hall–Kier alpha value is -1.72. The van der Waals surface area contributed by atoms with E-state index in [2.05, 4.69) is 24.3 Å². The molecular weight excluding hydrogens is 352 g/mol. The van der Waals surface area contributed by atoms with E-state index in [4.69, 9.17) is 9.47 Å². The third kappa shape index (κ3) is 7.36. The highest BCUT2D eigenvalue weighted by molar-refractivity contribution is 5.14. The fraction of sp³-hybridized carbons (Fsp3) is 0.500. The van der Waals surface area contributed by atoms with Gasteiger partial charge in [-0.3, -0.25) is 0 Å². The van der Waals surface area contributed by atoms with E-state index in [0.29, 0.717) is 13.2 Å². The molecular formula is C24H32O4. The van der Waals surface area contributed by atoms with Crippen molar-refractivity contribution in [2.75, 3.05) is 0 Å². The Morgan fingerprint density at radius 1 is 0.607 bits per heavy atom. The molecule has 2 aliphatic carbocycles. The highest BCUT2D eigenvalue weighted by Gasteiger charge is 2.23. The van der Waals surface area contributed by atoms with Gasteiger partial charge in [-0.15, -0.1) is 0 Å². The molecule has 152 valence electrons. The normalized spacial score (nSPS) is 26.6. The van der Waals surface area contributed by atoms with Crippen molar-refractivity contribution in [3.8, 4) is 0 Å². The number of aliphatic hydroxyl groups excluding tert-OH is 2. The monoisotopic (exact) mass is 384 g/mol. The van der Waals surface area contributed by atoms with Crippen LogP contribution in [0.2, 0.25) is 0 Å². The van der Waals surface area contributed by atoms with Crippen molar-refractivity contribution >= 4 is 0 Å². The molecule has 0 saturated heterocycles. The summed E-state index contributed by atoms with van der Waals surface area (Å²) >= 11 is 0. The van der Waals surface area contributed by atoms with Crippen molar-refractivity contribution in [3.63, 3.8) is 0 Å². The Labute approximate surface area is 168 Å². The molecule has 0 bridgehead atoms. The van der Waals surface area contributed by atoms with Gasteiger partial charge in [0.2, 0.25) is 0 Å². The van der Waals surface area contributed by atoms with Crippen LogP contribution in [0.5, 0.6) is 0 Å². The van der Waals surface area contributed by atoms with Crippen LogP contribution < -0.4 is 0 Å². The summed E-state index contributed by atoms with van der Waals surface area (Å²) in [6.45, 7) is 1.33. The number of ether oxygens (including phenoxy) is 2. The highest BCUT2D eigenvalue weighted by Crippen LogP contribution is 2.23. The zero-order valence-electron chi connectivity index (χ0n) is 16.5. The predicted octanol–water partition coefficient (Wildman–Crippen LogP) is 4.23. The summed E-state index contributed by atoms with van der Waals surface area (Å²) in [5.74, 6) is 0. The first-order valence-corrected chi connectivity index (χ1v) is 10.4. The third-order valence-corrected chi connectivity index (χ3v) is 5.37. The Balaban J connectivity index is 0.000000161. The fourth-order valence-corrected chi connectivity index (χ4v) is 3.71. The summed E-state index contributed by atoms with van der Waals surface area (Å²) < 4.78 is 11.4. The lowest BCUT2D eigenvalue weighted by Crippen LogP contribution is -2.09. The van der Waals surface area contributed by atoms with Gasteiger partial charge in [0.25, 0.3) is 0 Å². The van der Waals surface area contributed by atoms with Crippen molar-refractivity contribution in [2.45, 2.75) is 76.2 Å². The SMILES string of the molecule is O[C@@H]1CC[C@H](OCc2ccccc2)C1.O[C@H]1CC[C@@H](OCc2ccccc2)C1. The Bertz CT molecular complexity index is 601. The molecule has 28 heavy (non-hydrogen) atoms. The molecule has 0 amide bonds. The standard InChI is InChI=1S/2C12H16O2/c2*13-11-6-7-12(8-11)14-9-10-4-2-1-3-5-10/h2*1-5,11-13H,6-9H2/t2*11-,12+/m10/s1. The van der Waals surface area contributed by atoms with Crippen molar-refractivity contribution in [1.82, 2.24) is 0 Å². The van der Waals surface area contributed by atoms with Gasteiger partial charge in [0.15, 0.2) is 0 Å². The topological polar surface area (TPSA) is 58.9 Å². The summed E-state index contributed by atoms with van der Waals surface area (Å²) in [4.78, 5) is 0. The van der Waals surface area contributed by atoms with Crippen molar-refractivity contribution in [2.24, 2.45) is 0 Å². The zero-order chi connectivity index (χ0) is 19.6. The molecule has 0 aliphatic heterocycles. The molecule has 4 heteroatoms. The van der Waals surface area contributed by atoms with Gasteiger partial charge < -0.3 is 19.7 Å². The summed E-state index contributed by atoms with van der Waals surface area (Å²) in [7, 11) is 0. The molecule has 0 radical (unpaired) electrons. The summed E-state index contributed by atoms with van der Waals surface area (Å²) in [6.07, 6.45) is 5.59. The van der Waals surface area contributed by atoms with Crippen LogP contribution in [0, 0.1) is 0 Å². The van der Waals surface area contributed by atoms with E-state index in [-0.39, 0.29) is 24.4 Å². The Morgan fingerprint density at radius 3 is 1.32 bits per heavy atom. The molecule has 0 spiro atoms. The molecule has 0 unspecified atom stereocenters. The predicted molar refractivity (Wildman–Crippen MR) is 110 cm³/mol. The summed E-state index contributed by atoms with van der Waals surface area (Å²) in [5, 5.41) is 18.6. The summed E-state index contributed by atoms with van der Waals surface area (Å²) in [5.41, 5.74) is 2.41. The van der Waals surface area contributed by atoms with Gasteiger partial charge in [-0.2, -0.15) is 0 Å². The zero-order valence-corrected chi connectivity index (χ0v) is 16.5. The average Bonchev–Trinajstić information content (AvgIpc) is 3.35. The van der Waals surface area contributed by atoms with Gasteiger partial charge in [-0.05, 0) is 49.7 Å². The van der Waals surface area contributed by atoms with Gasteiger partial charge in [-0.25, -0.2) is 0 Å². The van der Waals surface area contributed by atoms with Gasteiger partial charge in [0, 0.05) is 0 Å². The van der Waals surface area contributed by atoms with Crippen molar-refractivity contribution in [1.29, 1.82) is 0 Å². The Kier molecular flexibility index (Phi) is 8.49. The van der Waals surface area contributed by atoms with Crippen molar-refractivity contribution in [3.05, 3.63) is 71.8 Å². The Morgan fingerprint density at radius 2 is 1.00 bits per heavy atom. The number of hydrogen-bond acceptors (Lipinski definition) is 4. The van der Waals surface area contributed by atoms with Gasteiger partial charge in [0.05, 0.1) is 37.6 Å². The molecule has 4 rings (SSSR count). The minimum atomic E-state index is -0.143. The van der Waals surface area contributed by atoms with E-state index >= 15 is 0 Å². The van der Waals surface area contributed by atoms with Crippen LogP contribution in [0.25, 0.3) is 0 Å². The lowest BCUT2D eigenvalue weighted by Gasteiger charge is -2.10. The molecule has 4 atom stereocenters. The maximum atomic E-state index is 9.32. The van der Waals surface area contributed by atoms with Crippen molar-refractivity contribution < 1.29 is 19.7 Å². The van der Waals surface area contributed by atoms with E-state index in [1.807, 2.05) is 36.4 Å². The van der Waals surface area contributed by atoms with E-state index in [1.165, 1.54) is 11.1 Å². The maximum absolute atomic E-state index is 9.32. The second kappa shape index (κ2) is 11.3. The van der Waals surface area contributed by atoms with E-state index < -0.39 is 0 Å². The van der Waals surface area contributed by atoms with Crippen LogP contribution in [0.1, 0.15) is 49.7 Å². The third-order valence-electron chi connectivity index (χ3n) is 5.37. The second-order valence-electron chi connectivity index (χ2n) is 7.77. The van der Waals surface area contributed by atoms with Gasteiger partial charge in [-0.1, -0.05) is 60.7 Å². The average molecular weight is 385 g/mol. The molecule has 2 aliphatic rings. The minimum Gasteiger partial charge on any atom is -0.393 e. The largest absolute Gasteiger partial charge is 0.393 e. The van der Waals surface area contributed by atoms with Crippen LogP contribution in [0.3, 0.4) is 0 Å². The molecule has 2 aromatic rings. The smallest absolute Gasteiger partial charge is 0.0720 e. The van der Waals surface area contributed by atoms with Crippen LogP contribution >= 0.6 is 0 Å². The number of benzene rings is 2. The number of hydrogen-bond donors (Lipinski definition) is 2. The molecule has 0 heterocycles. The second-order valence-corrected chi connectivity index (χ2v) is 7.77.